The third kappa shape index (κ3) is 2.96. The minimum atomic E-state index is -2.74. The molecule has 15 heavy (non-hydrogen) atoms. The van der Waals surface area contributed by atoms with Gasteiger partial charge in [-0.1, -0.05) is 18.2 Å². The largest absolute Gasteiger partial charge is 0.385 e. The highest BCUT2D eigenvalue weighted by molar-refractivity contribution is 7.91. The van der Waals surface area contributed by atoms with Crippen LogP contribution >= 0.6 is 0 Å². The van der Waals surface area contributed by atoms with Crippen molar-refractivity contribution in [3.63, 3.8) is 0 Å². The summed E-state index contributed by atoms with van der Waals surface area (Å²) in [6, 6.07) is 9.87. The summed E-state index contributed by atoms with van der Waals surface area (Å²) in [5.74, 6) is 0.969. The van der Waals surface area contributed by atoms with Gasteiger partial charge in [0, 0.05) is 12.2 Å². The van der Waals surface area contributed by atoms with Gasteiger partial charge in [-0.05, 0) is 24.5 Å². The van der Waals surface area contributed by atoms with Crippen molar-refractivity contribution < 1.29 is 8.42 Å². The Kier molecular flexibility index (Phi) is 2.95. The third-order valence-electron chi connectivity index (χ3n) is 2.70. The van der Waals surface area contributed by atoms with Crippen molar-refractivity contribution in [3.05, 3.63) is 30.3 Å². The van der Waals surface area contributed by atoms with Crippen molar-refractivity contribution in [2.45, 2.75) is 6.42 Å². The molecule has 0 saturated carbocycles. The number of para-hydroxylation sites is 1. The maximum absolute atomic E-state index is 11.2. The fraction of sp³-hybridized carbons (Fsp3) is 0.455. The predicted molar refractivity (Wildman–Crippen MR) is 61.7 cm³/mol. The number of rotatable bonds is 3. The highest BCUT2D eigenvalue weighted by Gasteiger charge is 2.27. The Bertz CT molecular complexity index is 413. The molecule has 1 heterocycles. The Labute approximate surface area is 90.4 Å². The van der Waals surface area contributed by atoms with Gasteiger partial charge in [0.15, 0.2) is 9.84 Å². The predicted octanol–water partition coefficient (Wildman–Crippen LogP) is 1.53. The minimum Gasteiger partial charge on any atom is -0.385 e. The van der Waals surface area contributed by atoms with E-state index in [1.54, 1.807) is 0 Å². The second-order valence-electron chi connectivity index (χ2n) is 4.02. The van der Waals surface area contributed by atoms with E-state index in [4.69, 9.17) is 0 Å². The average molecular weight is 225 g/mol. The molecule has 3 nitrogen and oxygen atoms in total. The van der Waals surface area contributed by atoms with Gasteiger partial charge in [-0.25, -0.2) is 8.42 Å². The van der Waals surface area contributed by atoms with Crippen molar-refractivity contribution in [1.82, 2.24) is 0 Å². The van der Waals surface area contributed by atoms with E-state index in [1.165, 1.54) is 0 Å². The molecule has 1 aliphatic rings. The number of sulfone groups is 1. The van der Waals surface area contributed by atoms with E-state index in [-0.39, 0.29) is 5.92 Å². The molecule has 1 aliphatic heterocycles. The zero-order valence-electron chi connectivity index (χ0n) is 8.52. The van der Waals surface area contributed by atoms with E-state index in [0.717, 1.165) is 18.7 Å². The summed E-state index contributed by atoms with van der Waals surface area (Å²) in [5.41, 5.74) is 1.06. The van der Waals surface area contributed by atoms with Gasteiger partial charge in [-0.2, -0.15) is 0 Å². The van der Waals surface area contributed by atoms with Crippen LogP contribution in [0.5, 0.6) is 0 Å². The lowest BCUT2D eigenvalue weighted by Crippen LogP contribution is -2.15. The van der Waals surface area contributed by atoms with Gasteiger partial charge < -0.3 is 5.32 Å². The molecule has 0 spiro atoms. The van der Waals surface area contributed by atoms with Gasteiger partial charge in [0.25, 0.3) is 0 Å². The van der Waals surface area contributed by atoms with Crippen LogP contribution in [0.3, 0.4) is 0 Å². The smallest absolute Gasteiger partial charge is 0.150 e. The van der Waals surface area contributed by atoms with E-state index in [2.05, 4.69) is 5.32 Å². The zero-order valence-corrected chi connectivity index (χ0v) is 9.33. The molecule has 1 aromatic carbocycles. The molecule has 0 bridgehead atoms. The summed E-state index contributed by atoms with van der Waals surface area (Å²) in [6.07, 6.45) is 0.794. The van der Waals surface area contributed by atoms with Gasteiger partial charge in [-0.3, -0.25) is 0 Å². The summed E-state index contributed by atoms with van der Waals surface area (Å²) >= 11 is 0. The van der Waals surface area contributed by atoms with E-state index < -0.39 is 9.84 Å². The highest BCUT2D eigenvalue weighted by atomic mass is 32.2. The van der Waals surface area contributed by atoms with Gasteiger partial charge in [-0.15, -0.1) is 0 Å². The lowest BCUT2D eigenvalue weighted by molar-refractivity contribution is 0.596. The number of benzene rings is 1. The minimum absolute atomic E-state index is 0.273. The van der Waals surface area contributed by atoms with E-state index >= 15 is 0 Å². The molecule has 0 aliphatic carbocycles. The molecule has 4 heteroatoms. The Hall–Kier alpha value is -1.03. The fourth-order valence-electron chi connectivity index (χ4n) is 1.85. The Balaban J connectivity index is 1.85. The van der Waals surface area contributed by atoms with Gasteiger partial charge >= 0.3 is 0 Å². The van der Waals surface area contributed by atoms with Crippen molar-refractivity contribution >= 4 is 15.5 Å². The number of hydrogen-bond donors (Lipinski definition) is 1. The van der Waals surface area contributed by atoms with E-state index in [0.29, 0.717) is 11.5 Å². The number of nitrogens with one attached hydrogen (secondary N) is 1. The Morgan fingerprint density at radius 2 is 2.00 bits per heavy atom. The normalized spacial score (nSPS) is 23.9. The Morgan fingerprint density at radius 1 is 1.27 bits per heavy atom. The SMILES string of the molecule is O=S1(=O)CCC(CNc2ccccc2)C1. The topological polar surface area (TPSA) is 46.2 Å². The van der Waals surface area contributed by atoms with Crippen LogP contribution in [0.15, 0.2) is 30.3 Å². The number of hydrogen-bond acceptors (Lipinski definition) is 3. The van der Waals surface area contributed by atoms with Crippen LogP contribution in [0.2, 0.25) is 0 Å². The fourth-order valence-corrected chi connectivity index (χ4v) is 3.71. The summed E-state index contributed by atoms with van der Waals surface area (Å²) in [7, 11) is -2.74. The monoisotopic (exact) mass is 225 g/mol. The second kappa shape index (κ2) is 4.23. The molecule has 0 amide bonds. The average Bonchev–Trinajstić information content (AvgIpc) is 2.57. The first-order chi connectivity index (χ1) is 7.16. The molecule has 2 rings (SSSR count). The molecule has 82 valence electrons. The van der Waals surface area contributed by atoms with Crippen LogP contribution in [0.25, 0.3) is 0 Å². The van der Waals surface area contributed by atoms with Gasteiger partial charge in [0.05, 0.1) is 11.5 Å². The Morgan fingerprint density at radius 3 is 2.60 bits per heavy atom. The number of anilines is 1. The van der Waals surface area contributed by atoms with Crippen LogP contribution in [0.4, 0.5) is 5.69 Å². The zero-order chi connectivity index (χ0) is 10.7. The molecule has 1 saturated heterocycles. The summed E-state index contributed by atoms with van der Waals surface area (Å²) in [6.45, 7) is 0.753. The molecule has 0 aromatic heterocycles. The third-order valence-corrected chi connectivity index (χ3v) is 4.53. The first-order valence-corrected chi connectivity index (χ1v) is 6.97. The molecule has 0 radical (unpaired) electrons. The van der Waals surface area contributed by atoms with Crippen LogP contribution in [0, 0.1) is 5.92 Å². The van der Waals surface area contributed by atoms with Crippen molar-refractivity contribution in [2.75, 3.05) is 23.4 Å². The first-order valence-electron chi connectivity index (χ1n) is 5.15. The molecule has 1 N–H and O–H groups in total. The quantitative estimate of drug-likeness (QED) is 0.848. The highest BCUT2D eigenvalue weighted by Crippen LogP contribution is 2.19. The molecule has 1 unspecified atom stereocenters. The second-order valence-corrected chi connectivity index (χ2v) is 6.24. The summed E-state index contributed by atoms with van der Waals surface area (Å²) < 4.78 is 22.4. The van der Waals surface area contributed by atoms with Crippen LogP contribution in [0.1, 0.15) is 6.42 Å². The maximum atomic E-state index is 11.2. The van der Waals surface area contributed by atoms with Gasteiger partial charge in [0.1, 0.15) is 0 Å². The van der Waals surface area contributed by atoms with Crippen molar-refractivity contribution in [1.29, 1.82) is 0 Å². The van der Waals surface area contributed by atoms with Crippen LogP contribution in [-0.2, 0) is 9.84 Å². The van der Waals surface area contributed by atoms with Crippen molar-refractivity contribution in [3.8, 4) is 0 Å². The maximum Gasteiger partial charge on any atom is 0.150 e. The first kappa shape index (κ1) is 10.5. The van der Waals surface area contributed by atoms with E-state index in [9.17, 15) is 8.42 Å². The van der Waals surface area contributed by atoms with Crippen LogP contribution < -0.4 is 5.32 Å². The van der Waals surface area contributed by atoms with Crippen molar-refractivity contribution in [2.24, 2.45) is 5.92 Å². The summed E-state index contributed by atoms with van der Waals surface area (Å²) in [4.78, 5) is 0. The lowest BCUT2D eigenvalue weighted by Gasteiger charge is -2.10. The molecular formula is C11H15NO2S. The molecular weight excluding hydrogens is 210 g/mol. The van der Waals surface area contributed by atoms with Gasteiger partial charge in [0.2, 0.25) is 0 Å². The molecule has 1 aromatic rings. The molecule has 1 fully saturated rings. The lowest BCUT2D eigenvalue weighted by atomic mass is 10.1. The van der Waals surface area contributed by atoms with Crippen LogP contribution in [-0.4, -0.2) is 26.5 Å². The summed E-state index contributed by atoms with van der Waals surface area (Å²) in [5, 5.41) is 3.26. The van der Waals surface area contributed by atoms with E-state index in [1.807, 2.05) is 30.3 Å². The standard InChI is InChI=1S/C11H15NO2S/c13-15(14)7-6-10(9-15)8-12-11-4-2-1-3-5-11/h1-5,10,12H,6-9H2. The molecule has 1 atom stereocenters.